The summed E-state index contributed by atoms with van der Waals surface area (Å²) < 4.78 is 0.635. The molecule has 7 heteroatoms. The summed E-state index contributed by atoms with van der Waals surface area (Å²) in [5.41, 5.74) is 0.301. The van der Waals surface area contributed by atoms with Gasteiger partial charge in [0.15, 0.2) is 0 Å². The number of piperidine rings is 1. The summed E-state index contributed by atoms with van der Waals surface area (Å²) in [5, 5.41) is 21.0. The number of nitrogens with one attached hydrogen (secondary N) is 1. The number of likely N-dealkylation sites (tertiary alicyclic amines) is 1. The largest absolute Gasteiger partial charge is 0.478 e. The van der Waals surface area contributed by atoms with Crippen LogP contribution in [0.5, 0.6) is 0 Å². The van der Waals surface area contributed by atoms with Crippen LogP contribution in [0, 0.1) is 5.92 Å². The van der Waals surface area contributed by atoms with Crippen LogP contribution in [0.3, 0.4) is 0 Å². The number of nitrogens with zero attached hydrogens (tertiary/aromatic N) is 1. The van der Waals surface area contributed by atoms with Gasteiger partial charge in [-0.1, -0.05) is 15.9 Å². The van der Waals surface area contributed by atoms with Gasteiger partial charge in [0.25, 0.3) is 0 Å². The second-order valence-electron chi connectivity index (χ2n) is 5.06. The van der Waals surface area contributed by atoms with E-state index in [0.29, 0.717) is 17.6 Å². The summed E-state index contributed by atoms with van der Waals surface area (Å²) in [7, 11) is 0. The molecule has 0 saturated carbocycles. The van der Waals surface area contributed by atoms with Crippen LogP contribution in [-0.2, 0) is 0 Å². The number of carboxylic acids is 1. The maximum atomic E-state index is 12.2. The molecule has 2 rings (SSSR count). The van der Waals surface area contributed by atoms with E-state index < -0.39 is 5.97 Å². The smallest absolute Gasteiger partial charge is 0.337 e. The molecule has 6 nitrogen and oxygen atoms in total. The van der Waals surface area contributed by atoms with E-state index in [-0.39, 0.29) is 29.8 Å². The van der Waals surface area contributed by atoms with Crippen LogP contribution in [0.4, 0.5) is 10.5 Å². The van der Waals surface area contributed by atoms with Gasteiger partial charge in [0.2, 0.25) is 0 Å². The molecule has 1 aromatic carbocycles. The zero-order chi connectivity index (χ0) is 15.4. The first-order valence-electron chi connectivity index (χ1n) is 6.71. The summed E-state index contributed by atoms with van der Waals surface area (Å²) in [5.74, 6) is -1.01. The predicted octanol–water partition coefficient (Wildman–Crippen LogP) is 2.38. The van der Waals surface area contributed by atoms with Gasteiger partial charge < -0.3 is 20.4 Å². The molecule has 1 saturated heterocycles. The highest BCUT2D eigenvalue weighted by molar-refractivity contribution is 9.10. The summed E-state index contributed by atoms with van der Waals surface area (Å²) in [6.45, 7) is 1.16. The lowest BCUT2D eigenvalue weighted by Crippen LogP contribution is -2.43. The molecule has 114 valence electrons. The van der Waals surface area contributed by atoms with Gasteiger partial charge in [-0.05, 0) is 37.0 Å². The Morgan fingerprint density at radius 3 is 2.86 bits per heavy atom. The fraction of sp³-hybridized carbons (Fsp3) is 0.429. The summed E-state index contributed by atoms with van der Waals surface area (Å²) in [4.78, 5) is 25.0. The third-order valence-corrected chi connectivity index (χ3v) is 4.01. The van der Waals surface area contributed by atoms with Gasteiger partial charge in [-0.25, -0.2) is 9.59 Å². The highest BCUT2D eigenvalue weighted by Gasteiger charge is 2.24. The number of carbonyl (C=O) groups excluding carboxylic acids is 1. The lowest BCUT2D eigenvalue weighted by Gasteiger charge is -2.32. The van der Waals surface area contributed by atoms with Crippen molar-refractivity contribution in [2.24, 2.45) is 5.92 Å². The molecule has 1 atom stereocenters. The van der Waals surface area contributed by atoms with E-state index in [2.05, 4.69) is 21.2 Å². The van der Waals surface area contributed by atoms with E-state index in [1.54, 1.807) is 17.0 Å². The number of aliphatic hydroxyl groups excluding tert-OH is 1. The first kappa shape index (κ1) is 15.8. The number of hydrogen-bond acceptors (Lipinski definition) is 3. The van der Waals surface area contributed by atoms with Gasteiger partial charge in [-0.2, -0.15) is 0 Å². The molecule has 1 heterocycles. The maximum absolute atomic E-state index is 12.2. The zero-order valence-electron chi connectivity index (χ0n) is 11.4. The van der Waals surface area contributed by atoms with Crippen molar-refractivity contribution < 1.29 is 19.8 Å². The van der Waals surface area contributed by atoms with E-state index in [1.807, 2.05) is 0 Å². The topological polar surface area (TPSA) is 89.9 Å². The Balaban J connectivity index is 2.11. The number of rotatable bonds is 3. The second-order valence-corrected chi connectivity index (χ2v) is 5.98. The number of amides is 2. The number of halogens is 1. The molecule has 1 unspecified atom stereocenters. The Morgan fingerprint density at radius 1 is 1.43 bits per heavy atom. The van der Waals surface area contributed by atoms with Crippen LogP contribution in [0.15, 0.2) is 22.7 Å². The Labute approximate surface area is 130 Å². The van der Waals surface area contributed by atoms with Crippen molar-refractivity contribution in [2.75, 3.05) is 25.0 Å². The normalized spacial score (nSPS) is 18.4. The first-order chi connectivity index (χ1) is 10.0. The van der Waals surface area contributed by atoms with Crippen molar-refractivity contribution in [3.8, 4) is 0 Å². The molecule has 0 radical (unpaired) electrons. The van der Waals surface area contributed by atoms with Crippen LogP contribution in [0.1, 0.15) is 23.2 Å². The Morgan fingerprint density at radius 2 is 2.19 bits per heavy atom. The van der Waals surface area contributed by atoms with Gasteiger partial charge in [-0.3, -0.25) is 0 Å². The quantitative estimate of drug-likeness (QED) is 0.775. The number of urea groups is 1. The Bertz CT molecular complexity index is 550. The molecule has 1 aliphatic heterocycles. The first-order valence-corrected chi connectivity index (χ1v) is 7.50. The molecular weight excluding hydrogens is 340 g/mol. The highest BCUT2D eigenvalue weighted by atomic mass is 79.9. The van der Waals surface area contributed by atoms with Gasteiger partial charge in [0.1, 0.15) is 0 Å². The molecule has 0 aliphatic carbocycles. The molecule has 1 aliphatic rings. The second kappa shape index (κ2) is 6.91. The van der Waals surface area contributed by atoms with Crippen LogP contribution in [0.25, 0.3) is 0 Å². The SMILES string of the molecule is O=C(O)c1cc(Br)ccc1NC(=O)N1CCCC(CO)C1. The zero-order valence-corrected chi connectivity index (χ0v) is 13.0. The number of benzene rings is 1. The molecule has 1 fully saturated rings. The van der Waals surface area contributed by atoms with Crippen molar-refractivity contribution in [1.29, 1.82) is 0 Å². The van der Waals surface area contributed by atoms with Crippen molar-refractivity contribution in [1.82, 2.24) is 4.90 Å². The Hall–Kier alpha value is -1.60. The minimum absolute atomic E-state index is 0.0356. The average Bonchev–Trinajstić information content (AvgIpc) is 2.48. The summed E-state index contributed by atoms with van der Waals surface area (Å²) in [6, 6.07) is 4.34. The molecule has 1 aromatic rings. The van der Waals surface area contributed by atoms with Crippen molar-refractivity contribution >= 4 is 33.6 Å². The standard InChI is InChI=1S/C14H17BrN2O4/c15-10-3-4-12(11(6-10)13(19)20)16-14(21)17-5-1-2-9(7-17)8-18/h3-4,6,9,18H,1-2,5,7-8H2,(H,16,21)(H,19,20). The van der Waals surface area contributed by atoms with E-state index in [9.17, 15) is 19.8 Å². The van der Waals surface area contributed by atoms with Crippen LogP contribution in [0.2, 0.25) is 0 Å². The van der Waals surface area contributed by atoms with Gasteiger partial charge >= 0.3 is 12.0 Å². The minimum Gasteiger partial charge on any atom is -0.478 e. The molecule has 0 aromatic heterocycles. The van der Waals surface area contributed by atoms with E-state index in [1.165, 1.54) is 6.07 Å². The average molecular weight is 357 g/mol. The van der Waals surface area contributed by atoms with Crippen LogP contribution >= 0.6 is 15.9 Å². The minimum atomic E-state index is -1.10. The fourth-order valence-corrected chi connectivity index (χ4v) is 2.76. The third-order valence-electron chi connectivity index (χ3n) is 3.52. The summed E-state index contributed by atoms with van der Waals surface area (Å²) >= 11 is 3.21. The van der Waals surface area contributed by atoms with Crippen molar-refractivity contribution in [3.63, 3.8) is 0 Å². The molecule has 2 amide bonds. The fourth-order valence-electron chi connectivity index (χ4n) is 2.40. The van der Waals surface area contributed by atoms with E-state index >= 15 is 0 Å². The molecule has 3 N–H and O–H groups in total. The summed E-state index contributed by atoms with van der Waals surface area (Å²) in [6.07, 6.45) is 1.74. The van der Waals surface area contributed by atoms with Gasteiger partial charge in [-0.15, -0.1) is 0 Å². The number of aromatic carboxylic acids is 1. The van der Waals surface area contributed by atoms with Crippen LogP contribution < -0.4 is 5.32 Å². The number of aliphatic hydroxyl groups is 1. The lowest BCUT2D eigenvalue weighted by molar-refractivity contribution is 0.0698. The number of anilines is 1. The predicted molar refractivity (Wildman–Crippen MR) is 81.5 cm³/mol. The monoisotopic (exact) mass is 356 g/mol. The van der Waals surface area contributed by atoms with Crippen molar-refractivity contribution in [2.45, 2.75) is 12.8 Å². The molecular formula is C14H17BrN2O4. The number of hydrogen-bond donors (Lipinski definition) is 3. The molecule has 21 heavy (non-hydrogen) atoms. The van der Waals surface area contributed by atoms with Crippen molar-refractivity contribution in [3.05, 3.63) is 28.2 Å². The molecule has 0 spiro atoms. The highest BCUT2D eigenvalue weighted by Crippen LogP contribution is 2.23. The molecule has 0 bridgehead atoms. The lowest BCUT2D eigenvalue weighted by atomic mass is 9.99. The maximum Gasteiger partial charge on any atom is 0.337 e. The van der Waals surface area contributed by atoms with Crippen LogP contribution in [-0.4, -0.2) is 46.8 Å². The van der Waals surface area contributed by atoms with Gasteiger partial charge in [0.05, 0.1) is 11.3 Å². The van der Waals surface area contributed by atoms with Gasteiger partial charge in [0, 0.05) is 24.2 Å². The van der Waals surface area contributed by atoms with E-state index in [4.69, 9.17) is 0 Å². The van der Waals surface area contributed by atoms with E-state index in [0.717, 1.165) is 12.8 Å². The number of carboxylic acid groups (broad SMARTS) is 1. The number of carbonyl (C=O) groups is 2. The third kappa shape index (κ3) is 3.95. The Kier molecular flexibility index (Phi) is 5.19.